The van der Waals surface area contributed by atoms with Crippen LogP contribution in [-0.2, 0) is 18.3 Å². The first-order valence-corrected chi connectivity index (χ1v) is 17.0. The molecule has 0 radical (unpaired) electrons. The van der Waals surface area contributed by atoms with Crippen molar-refractivity contribution in [2.45, 2.75) is 63.7 Å². The molecular formula is C44H35NO. The normalized spacial score (nSPS) is 20.9. The van der Waals surface area contributed by atoms with Gasteiger partial charge in [-0.2, -0.15) is 0 Å². The second-order valence-corrected chi connectivity index (χ2v) is 14.7. The van der Waals surface area contributed by atoms with Gasteiger partial charge in [0.2, 0.25) is 0 Å². The van der Waals surface area contributed by atoms with Crippen molar-refractivity contribution >= 4 is 39.7 Å². The molecule has 0 N–H and O–H groups in total. The molecule has 2 atom stereocenters. The smallest absolute Gasteiger partial charge is 0.135 e. The number of aryl methyl sites for hydroxylation is 2. The summed E-state index contributed by atoms with van der Waals surface area (Å²) >= 11 is 0. The van der Waals surface area contributed by atoms with Gasteiger partial charge >= 0.3 is 0 Å². The third-order valence-corrected chi connectivity index (χ3v) is 12.1. The SMILES string of the molecule is Cc1cccc2c1C(C)(C)C1=Cc3c(c4ccccc4n3C3=CCC4c5ccc6oc7c(c6c5-c5cccc3c54)CCC=C7)CC12. The number of nitrogens with zero attached hydrogens (tertiary/aromatic N) is 1. The zero-order valence-corrected chi connectivity index (χ0v) is 26.6. The summed E-state index contributed by atoms with van der Waals surface area (Å²) in [6.07, 6.45) is 13.7. The molecule has 0 saturated heterocycles. The van der Waals surface area contributed by atoms with Gasteiger partial charge in [0, 0.05) is 44.8 Å². The molecular weight excluding hydrogens is 558 g/mol. The lowest BCUT2D eigenvalue weighted by Gasteiger charge is -2.30. The minimum atomic E-state index is 0.0102. The summed E-state index contributed by atoms with van der Waals surface area (Å²) in [6.45, 7) is 7.18. The molecule has 2 heterocycles. The van der Waals surface area contributed by atoms with Crippen LogP contribution in [0.4, 0.5) is 0 Å². The summed E-state index contributed by atoms with van der Waals surface area (Å²) in [7, 11) is 0. The van der Waals surface area contributed by atoms with E-state index in [0.717, 1.165) is 37.0 Å². The fraction of sp³-hybridized carbons (Fsp3) is 0.227. The van der Waals surface area contributed by atoms with Crippen molar-refractivity contribution in [2.24, 2.45) is 0 Å². The molecule has 0 aliphatic heterocycles. The maximum atomic E-state index is 6.41. The maximum absolute atomic E-state index is 6.41. The number of rotatable bonds is 1. The van der Waals surface area contributed by atoms with Crippen LogP contribution in [0, 0.1) is 6.92 Å². The van der Waals surface area contributed by atoms with Crippen molar-refractivity contribution in [3.8, 4) is 11.1 Å². The van der Waals surface area contributed by atoms with Crippen molar-refractivity contribution in [1.29, 1.82) is 0 Å². The van der Waals surface area contributed by atoms with Crippen molar-refractivity contribution in [1.82, 2.24) is 4.57 Å². The van der Waals surface area contributed by atoms with Gasteiger partial charge < -0.3 is 8.98 Å². The molecule has 6 aromatic rings. The van der Waals surface area contributed by atoms with Crippen LogP contribution >= 0.6 is 0 Å². The van der Waals surface area contributed by atoms with E-state index in [1.807, 2.05) is 0 Å². The average molecular weight is 594 g/mol. The van der Waals surface area contributed by atoms with E-state index in [2.05, 4.69) is 122 Å². The Labute approximate surface area is 269 Å². The van der Waals surface area contributed by atoms with Gasteiger partial charge in [0.1, 0.15) is 11.3 Å². The van der Waals surface area contributed by atoms with Crippen LogP contribution in [0.25, 0.3) is 50.8 Å². The summed E-state index contributed by atoms with van der Waals surface area (Å²) in [5.74, 6) is 1.87. The third-order valence-electron chi connectivity index (χ3n) is 12.1. The summed E-state index contributed by atoms with van der Waals surface area (Å²) in [5, 5.41) is 2.74. The Morgan fingerprint density at radius 1 is 0.848 bits per heavy atom. The molecule has 0 fully saturated rings. The minimum Gasteiger partial charge on any atom is -0.456 e. The summed E-state index contributed by atoms with van der Waals surface area (Å²) in [4.78, 5) is 0. The van der Waals surface area contributed by atoms with Gasteiger partial charge in [0.05, 0.1) is 11.2 Å². The highest BCUT2D eigenvalue weighted by atomic mass is 16.3. The quantitative estimate of drug-likeness (QED) is 0.185. The Morgan fingerprint density at radius 3 is 2.65 bits per heavy atom. The lowest BCUT2D eigenvalue weighted by molar-refractivity contribution is 0.595. The molecule has 11 rings (SSSR count). The Balaban J connectivity index is 1.14. The van der Waals surface area contributed by atoms with E-state index in [4.69, 9.17) is 4.42 Å². The Kier molecular flexibility index (Phi) is 4.69. The molecule has 2 unspecified atom stereocenters. The van der Waals surface area contributed by atoms with Crippen LogP contribution in [0.1, 0.15) is 94.5 Å². The first-order valence-electron chi connectivity index (χ1n) is 17.0. The topological polar surface area (TPSA) is 18.1 Å². The Hall–Kier alpha value is -4.82. The van der Waals surface area contributed by atoms with Crippen LogP contribution in [0.2, 0.25) is 0 Å². The second-order valence-electron chi connectivity index (χ2n) is 14.7. The van der Waals surface area contributed by atoms with Gasteiger partial charge in [0.25, 0.3) is 0 Å². The summed E-state index contributed by atoms with van der Waals surface area (Å²) in [5.41, 5.74) is 21.2. The van der Waals surface area contributed by atoms with Crippen molar-refractivity contribution in [2.75, 3.05) is 0 Å². The molecule has 2 nitrogen and oxygen atoms in total. The molecule has 0 saturated carbocycles. The number of hydrogen-bond acceptors (Lipinski definition) is 1. The standard InChI is InChI=1S/C44H35NO/c1-24-10-8-13-28-32-22-33-25-11-4-6-16-35(25)45(37(33)23-34(32)44(2,3)43(24)28)36-20-18-26-27-19-21-39-42(30-12-5-7-17-38(30)46-39)41(27)31-15-9-14-29(36)40(26)31/h4,6-11,13-17,19-21,23,26,32H,5,12,18,22H2,1-3H3. The predicted octanol–water partition coefficient (Wildman–Crippen LogP) is 11.1. The highest BCUT2D eigenvalue weighted by molar-refractivity contribution is 6.05. The van der Waals surface area contributed by atoms with E-state index in [9.17, 15) is 0 Å². The van der Waals surface area contributed by atoms with Gasteiger partial charge in [-0.3, -0.25) is 0 Å². The van der Waals surface area contributed by atoms with E-state index in [1.165, 1.54) is 83.3 Å². The van der Waals surface area contributed by atoms with Gasteiger partial charge in [-0.25, -0.2) is 0 Å². The van der Waals surface area contributed by atoms with E-state index in [1.54, 1.807) is 5.57 Å². The second kappa shape index (κ2) is 8.50. The van der Waals surface area contributed by atoms with Crippen LogP contribution in [0.15, 0.2) is 94.9 Å². The van der Waals surface area contributed by atoms with Crippen molar-refractivity contribution < 1.29 is 4.42 Å². The summed E-state index contributed by atoms with van der Waals surface area (Å²) in [6, 6.07) is 27.7. The van der Waals surface area contributed by atoms with Crippen molar-refractivity contribution in [3.05, 3.63) is 146 Å². The van der Waals surface area contributed by atoms with Gasteiger partial charge in [-0.1, -0.05) is 92.2 Å². The number of para-hydroxylation sites is 1. The molecule has 2 heteroatoms. The van der Waals surface area contributed by atoms with E-state index in [-0.39, 0.29) is 5.41 Å². The molecule has 0 bridgehead atoms. The highest BCUT2D eigenvalue weighted by Crippen LogP contribution is 2.58. The fourth-order valence-electron chi connectivity index (χ4n) is 10.4. The average Bonchev–Trinajstić information content (AvgIpc) is 3.77. The largest absolute Gasteiger partial charge is 0.456 e. The number of hydrogen-bond donors (Lipinski definition) is 0. The number of benzene rings is 4. The number of aromatic nitrogens is 1. The first kappa shape index (κ1) is 25.4. The molecule has 0 spiro atoms. The van der Waals surface area contributed by atoms with Gasteiger partial charge in [0.15, 0.2) is 0 Å². The first-order chi connectivity index (χ1) is 22.5. The number of fused-ring (bicyclic) bond motifs is 13. The number of furan rings is 1. The van der Waals surface area contributed by atoms with Crippen LogP contribution in [0.5, 0.6) is 0 Å². The molecule has 222 valence electrons. The number of allylic oxidation sites excluding steroid dienone is 3. The summed E-state index contributed by atoms with van der Waals surface area (Å²) < 4.78 is 9.03. The van der Waals surface area contributed by atoms with Crippen LogP contribution < -0.4 is 0 Å². The molecule has 4 aromatic carbocycles. The van der Waals surface area contributed by atoms with E-state index < -0.39 is 0 Å². The highest BCUT2D eigenvalue weighted by Gasteiger charge is 2.45. The minimum absolute atomic E-state index is 0.0102. The maximum Gasteiger partial charge on any atom is 0.135 e. The third kappa shape index (κ3) is 2.95. The van der Waals surface area contributed by atoms with Crippen molar-refractivity contribution in [3.63, 3.8) is 0 Å². The predicted molar refractivity (Wildman–Crippen MR) is 189 cm³/mol. The molecule has 0 amide bonds. The van der Waals surface area contributed by atoms with E-state index in [0.29, 0.717) is 11.8 Å². The zero-order chi connectivity index (χ0) is 30.5. The van der Waals surface area contributed by atoms with Gasteiger partial charge in [-0.15, -0.1) is 0 Å². The Morgan fingerprint density at radius 2 is 1.72 bits per heavy atom. The monoisotopic (exact) mass is 593 g/mol. The molecule has 46 heavy (non-hydrogen) atoms. The molecule has 5 aliphatic rings. The molecule has 5 aliphatic carbocycles. The lowest BCUT2D eigenvalue weighted by Crippen LogP contribution is -2.20. The lowest BCUT2D eigenvalue weighted by atomic mass is 9.76. The van der Waals surface area contributed by atoms with Crippen LogP contribution in [0.3, 0.4) is 0 Å². The van der Waals surface area contributed by atoms with E-state index >= 15 is 0 Å². The zero-order valence-electron chi connectivity index (χ0n) is 26.6. The van der Waals surface area contributed by atoms with Crippen LogP contribution in [-0.4, -0.2) is 4.57 Å². The Bertz CT molecular complexity index is 2470. The molecule has 2 aromatic heterocycles. The van der Waals surface area contributed by atoms with Gasteiger partial charge in [-0.05, 0) is 101 Å². The fourth-order valence-corrected chi connectivity index (χ4v) is 10.4.